The third kappa shape index (κ3) is 4.27. The second-order valence-electron chi connectivity index (χ2n) is 3.81. The van der Waals surface area contributed by atoms with Crippen molar-refractivity contribution < 1.29 is 22.7 Å². The van der Waals surface area contributed by atoms with Crippen LogP contribution in [-0.4, -0.2) is 39.6 Å². The first-order valence-corrected chi connectivity index (χ1v) is 7.04. The maximum absolute atomic E-state index is 13.6. The molecule has 0 aliphatic rings. The summed E-state index contributed by atoms with van der Waals surface area (Å²) >= 11 is 0. The van der Waals surface area contributed by atoms with Gasteiger partial charge in [-0.2, -0.15) is 0 Å². The number of rotatable bonds is 7. The number of benzene rings is 1. The normalized spacial score (nSPS) is 11.5. The van der Waals surface area contributed by atoms with Gasteiger partial charge in [-0.1, -0.05) is 0 Å². The number of hydrogen-bond acceptors (Lipinski definition) is 4. The third-order valence-corrected chi connectivity index (χ3v) is 3.86. The third-order valence-electron chi connectivity index (χ3n) is 2.36. The van der Waals surface area contributed by atoms with Gasteiger partial charge in [0.25, 0.3) is 0 Å². The van der Waals surface area contributed by atoms with Gasteiger partial charge in [-0.15, -0.1) is 0 Å². The van der Waals surface area contributed by atoms with E-state index in [2.05, 4.69) is 10.0 Å². The molecule has 1 rings (SSSR count). The molecule has 106 valence electrons. The van der Waals surface area contributed by atoms with E-state index in [4.69, 9.17) is 5.11 Å². The Kier molecular flexibility index (Phi) is 5.40. The summed E-state index contributed by atoms with van der Waals surface area (Å²) in [6.45, 7) is 0.798. The van der Waals surface area contributed by atoms with Crippen LogP contribution in [0.5, 0.6) is 0 Å². The van der Waals surface area contributed by atoms with Crippen molar-refractivity contribution in [3.63, 3.8) is 0 Å². The number of carbonyl (C=O) groups is 1. The van der Waals surface area contributed by atoms with Crippen LogP contribution < -0.4 is 10.0 Å². The van der Waals surface area contributed by atoms with Crippen molar-refractivity contribution in [2.24, 2.45) is 0 Å². The molecule has 6 nitrogen and oxygen atoms in total. The van der Waals surface area contributed by atoms with Gasteiger partial charge in [0.2, 0.25) is 10.0 Å². The van der Waals surface area contributed by atoms with Gasteiger partial charge >= 0.3 is 5.97 Å². The first-order valence-electron chi connectivity index (χ1n) is 5.55. The lowest BCUT2D eigenvalue weighted by molar-refractivity contribution is 0.0696. The molecule has 0 saturated carbocycles. The fraction of sp³-hybridized carbons (Fsp3) is 0.364. The molecule has 19 heavy (non-hydrogen) atoms. The number of halogens is 1. The molecular formula is C11H15FN2O4S. The van der Waals surface area contributed by atoms with Crippen LogP contribution in [0.4, 0.5) is 4.39 Å². The van der Waals surface area contributed by atoms with Gasteiger partial charge in [0.05, 0.1) is 5.56 Å². The summed E-state index contributed by atoms with van der Waals surface area (Å²) in [4.78, 5) is 10.1. The fourth-order valence-electron chi connectivity index (χ4n) is 1.40. The average Bonchev–Trinajstić information content (AvgIpc) is 2.34. The second kappa shape index (κ2) is 6.60. The summed E-state index contributed by atoms with van der Waals surface area (Å²) in [5, 5.41) is 11.5. The summed E-state index contributed by atoms with van der Waals surface area (Å²) in [6.07, 6.45) is 0.560. The zero-order chi connectivity index (χ0) is 14.5. The Morgan fingerprint density at radius 2 is 2.05 bits per heavy atom. The van der Waals surface area contributed by atoms with E-state index in [0.29, 0.717) is 19.0 Å². The Balaban J connectivity index is 2.87. The van der Waals surface area contributed by atoms with Gasteiger partial charge in [0.1, 0.15) is 10.7 Å². The Bertz CT molecular complexity index is 560. The number of sulfonamides is 1. The lowest BCUT2D eigenvalue weighted by atomic mass is 10.2. The van der Waals surface area contributed by atoms with Crippen LogP contribution in [-0.2, 0) is 10.0 Å². The summed E-state index contributed by atoms with van der Waals surface area (Å²) in [5.74, 6) is -2.40. The topological polar surface area (TPSA) is 95.5 Å². The Morgan fingerprint density at radius 1 is 1.37 bits per heavy atom. The number of carboxylic acid groups (broad SMARTS) is 1. The van der Waals surface area contributed by atoms with Crippen molar-refractivity contribution in [2.45, 2.75) is 11.3 Å². The monoisotopic (exact) mass is 290 g/mol. The van der Waals surface area contributed by atoms with Crippen molar-refractivity contribution in [3.8, 4) is 0 Å². The van der Waals surface area contributed by atoms with Crippen LogP contribution in [0.25, 0.3) is 0 Å². The Labute approximate surface area is 110 Å². The van der Waals surface area contributed by atoms with Crippen molar-refractivity contribution in [2.75, 3.05) is 20.1 Å². The number of hydrogen-bond donors (Lipinski definition) is 3. The minimum Gasteiger partial charge on any atom is -0.478 e. The molecule has 0 amide bonds. The minimum absolute atomic E-state index is 0.170. The Morgan fingerprint density at radius 3 is 2.58 bits per heavy atom. The van der Waals surface area contributed by atoms with Gasteiger partial charge in [0, 0.05) is 6.54 Å². The minimum atomic E-state index is -3.96. The molecular weight excluding hydrogens is 275 g/mol. The lowest BCUT2D eigenvalue weighted by Gasteiger charge is -2.08. The molecule has 1 aromatic carbocycles. The molecule has 1 aromatic rings. The van der Waals surface area contributed by atoms with Gasteiger partial charge in [0.15, 0.2) is 0 Å². The highest BCUT2D eigenvalue weighted by Gasteiger charge is 2.19. The summed E-state index contributed by atoms with van der Waals surface area (Å²) in [7, 11) is -2.22. The maximum Gasteiger partial charge on any atom is 0.335 e. The molecule has 0 unspecified atom stereocenters. The number of carboxylic acids is 1. The number of nitrogens with one attached hydrogen (secondary N) is 2. The van der Waals surface area contributed by atoms with Gasteiger partial charge < -0.3 is 10.4 Å². The van der Waals surface area contributed by atoms with Crippen molar-refractivity contribution >= 4 is 16.0 Å². The largest absolute Gasteiger partial charge is 0.478 e. The summed E-state index contributed by atoms with van der Waals surface area (Å²) in [5.41, 5.74) is -0.299. The lowest BCUT2D eigenvalue weighted by Crippen LogP contribution is -2.27. The summed E-state index contributed by atoms with van der Waals surface area (Å²) < 4.78 is 39.4. The molecule has 0 saturated heterocycles. The quantitative estimate of drug-likeness (QED) is 0.632. The maximum atomic E-state index is 13.6. The molecule has 0 aliphatic heterocycles. The van der Waals surface area contributed by atoms with Crippen LogP contribution in [0, 0.1) is 5.82 Å². The van der Waals surface area contributed by atoms with E-state index in [1.54, 1.807) is 7.05 Å². The van der Waals surface area contributed by atoms with E-state index in [9.17, 15) is 17.6 Å². The highest BCUT2D eigenvalue weighted by Crippen LogP contribution is 2.16. The first kappa shape index (κ1) is 15.5. The molecule has 0 atom stereocenters. The zero-order valence-electron chi connectivity index (χ0n) is 10.3. The fourth-order valence-corrected chi connectivity index (χ4v) is 2.53. The molecule has 8 heteroatoms. The van der Waals surface area contributed by atoms with Crippen molar-refractivity contribution in [3.05, 3.63) is 29.6 Å². The summed E-state index contributed by atoms with van der Waals surface area (Å²) in [6, 6.07) is 2.68. The highest BCUT2D eigenvalue weighted by molar-refractivity contribution is 7.89. The van der Waals surface area contributed by atoms with Crippen molar-refractivity contribution in [1.29, 1.82) is 0 Å². The van der Waals surface area contributed by atoms with Gasteiger partial charge in [-0.25, -0.2) is 22.3 Å². The Hall–Kier alpha value is -1.51. The number of aromatic carboxylic acids is 1. The van der Waals surface area contributed by atoms with Crippen LogP contribution in [0.3, 0.4) is 0 Å². The van der Waals surface area contributed by atoms with Crippen LogP contribution in [0.2, 0.25) is 0 Å². The molecule has 0 radical (unpaired) electrons. The average molecular weight is 290 g/mol. The van der Waals surface area contributed by atoms with E-state index < -0.39 is 26.7 Å². The predicted molar refractivity (Wildman–Crippen MR) is 67.1 cm³/mol. The van der Waals surface area contributed by atoms with E-state index in [1.807, 2.05) is 0 Å². The molecule has 0 heterocycles. The zero-order valence-corrected chi connectivity index (χ0v) is 11.1. The molecule has 0 spiro atoms. The molecule has 0 fully saturated rings. The smallest absolute Gasteiger partial charge is 0.335 e. The van der Waals surface area contributed by atoms with E-state index in [0.717, 1.165) is 12.1 Å². The van der Waals surface area contributed by atoms with Crippen LogP contribution in [0.15, 0.2) is 23.1 Å². The van der Waals surface area contributed by atoms with Gasteiger partial charge in [-0.3, -0.25) is 0 Å². The molecule has 0 bridgehead atoms. The first-order chi connectivity index (χ1) is 8.88. The van der Waals surface area contributed by atoms with Crippen LogP contribution in [0.1, 0.15) is 16.8 Å². The standard InChI is InChI=1S/C11H15FN2O4S/c1-13-5-2-6-14-19(17,18)10-4-3-8(11(15)16)7-9(10)12/h3-4,7,13-14H,2,5-6H2,1H3,(H,15,16). The highest BCUT2D eigenvalue weighted by atomic mass is 32.2. The van der Waals surface area contributed by atoms with Gasteiger partial charge in [-0.05, 0) is 38.2 Å². The van der Waals surface area contributed by atoms with E-state index in [-0.39, 0.29) is 12.1 Å². The SMILES string of the molecule is CNCCCNS(=O)(=O)c1ccc(C(=O)O)cc1F. The van der Waals surface area contributed by atoms with E-state index in [1.165, 1.54) is 0 Å². The van der Waals surface area contributed by atoms with E-state index >= 15 is 0 Å². The predicted octanol–water partition coefficient (Wildman–Crippen LogP) is 0.412. The second-order valence-corrected chi connectivity index (χ2v) is 5.54. The molecule has 3 N–H and O–H groups in total. The molecule has 0 aromatic heterocycles. The molecule has 0 aliphatic carbocycles. The van der Waals surface area contributed by atoms with Crippen LogP contribution >= 0.6 is 0 Å². The van der Waals surface area contributed by atoms with Crippen molar-refractivity contribution in [1.82, 2.24) is 10.0 Å².